The van der Waals surface area contributed by atoms with Gasteiger partial charge in [0.25, 0.3) is 0 Å². The number of para-hydroxylation sites is 1. The van der Waals surface area contributed by atoms with Gasteiger partial charge in [-0.15, -0.1) is 0 Å². The van der Waals surface area contributed by atoms with Gasteiger partial charge in [0.05, 0.1) is 11.1 Å². The first kappa shape index (κ1) is 12.4. The molecule has 0 aliphatic carbocycles. The Balaban J connectivity index is 1.98. The second-order valence-electron chi connectivity index (χ2n) is 4.93. The van der Waals surface area contributed by atoms with E-state index >= 15 is 0 Å². The van der Waals surface area contributed by atoms with Crippen LogP contribution in [0.25, 0.3) is 10.9 Å². The molecule has 1 saturated heterocycles. The lowest BCUT2D eigenvalue weighted by Gasteiger charge is -2.14. The van der Waals surface area contributed by atoms with Crippen molar-refractivity contribution >= 4 is 22.6 Å². The van der Waals surface area contributed by atoms with Crippen molar-refractivity contribution in [2.75, 3.05) is 18.9 Å². The van der Waals surface area contributed by atoms with E-state index in [1.54, 1.807) is 18.0 Å². The number of hydrogen-bond acceptors (Lipinski definition) is 4. The van der Waals surface area contributed by atoms with E-state index in [0.717, 1.165) is 23.9 Å². The van der Waals surface area contributed by atoms with Gasteiger partial charge in [-0.3, -0.25) is 4.79 Å². The summed E-state index contributed by atoms with van der Waals surface area (Å²) in [5.74, 6) is 0.531. The summed E-state index contributed by atoms with van der Waals surface area (Å²) in [4.78, 5) is 18.1. The van der Waals surface area contributed by atoms with Crippen molar-refractivity contribution < 1.29 is 4.79 Å². The van der Waals surface area contributed by atoms with Crippen molar-refractivity contribution in [3.05, 3.63) is 35.9 Å². The lowest BCUT2D eigenvalue weighted by Crippen LogP contribution is -2.31. The summed E-state index contributed by atoms with van der Waals surface area (Å²) in [7, 11) is 1.78. The van der Waals surface area contributed by atoms with Gasteiger partial charge in [0, 0.05) is 19.0 Å². The van der Waals surface area contributed by atoms with E-state index in [4.69, 9.17) is 0 Å². The number of pyridine rings is 1. The fourth-order valence-corrected chi connectivity index (χ4v) is 2.43. The maximum atomic E-state index is 11.9. The number of likely N-dealkylation sites (N-methyl/N-ethyl adjacent to an activating group) is 1. The number of nitriles is 1. The monoisotopic (exact) mass is 266 g/mol. The number of likely N-dealkylation sites (tertiary alicyclic amines) is 1. The molecule has 0 radical (unpaired) electrons. The van der Waals surface area contributed by atoms with Crippen LogP contribution in [0.1, 0.15) is 12.0 Å². The van der Waals surface area contributed by atoms with Gasteiger partial charge in [-0.25, -0.2) is 4.98 Å². The average molecular weight is 266 g/mol. The van der Waals surface area contributed by atoms with Crippen molar-refractivity contribution in [3.8, 4) is 6.07 Å². The number of rotatable bonds is 2. The molecule has 0 saturated carbocycles. The molecule has 1 atom stereocenters. The second kappa shape index (κ2) is 4.82. The third-order valence-electron chi connectivity index (χ3n) is 3.58. The number of nitrogens with one attached hydrogen (secondary N) is 1. The highest BCUT2D eigenvalue weighted by atomic mass is 16.2. The number of nitrogens with zero attached hydrogens (tertiary/aromatic N) is 3. The van der Waals surface area contributed by atoms with Crippen LogP contribution in [0.2, 0.25) is 0 Å². The van der Waals surface area contributed by atoms with Gasteiger partial charge >= 0.3 is 0 Å². The minimum Gasteiger partial charge on any atom is -0.357 e. The van der Waals surface area contributed by atoms with E-state index < -0.39 is 0 Å². The van der Waals surface area contributed by atoms with Crippen molar-refractivity contribution in [3.63, 3.8) is 0 Å². The van der Waals surface area contributed by atoms with Crippen LogP contribution in [-0.2, 0) is 4.79 Å². The largest absolute Gasteiger partial charge is 0.357 e. The molecule has 0 bridgehead atoms. The van der Waals surface area contributed by atoms with Crippen LogP contribution in [0.3, 0.4) is 0 Å². The highest BCUT2D eigenvalue weighted by Crippen LogP contribution is 2.22. The van der Waals surface area contributed by atoms with Crippen molar-refractivity contribution in [2.45, 2.75) is 12.5 Å². The summed E-state index contributed by atoms with van der Waals surface area (Å²) in [6.45, 7) is 0.728. The fourth-order valence-electron chi connectivity index (χ4n) is 2.43. The predicted molar refractivity (Wildman–Crippen MR) is 76.1 cm³/mol. The summed E-state index contributed by atoms with van der Waals surface area (Å²) in [5.41, 5.74) is 1.28. The Labute approximate surface area is 116 Å². The summed E-state index contributed by atoms with van der Waals surface area (Å²) in [6.07, 6.45) is 0.731. The van der Waals surface area contributed by atoms with E-state index in [1.807, 2.05) is 24.3 Å². The Bertz CT molecular complexity index is 719. The summed E-state index contributed by atoms with van der Waals surface area (Å²) in [5, 5.41) is 13.3. The van der Waals surface area contributed by atoms with Gasteiger partial charge in [-0.2, -0.15) is 5.26 Å². The average Bonchev–Trinajstić information content (AvgIpc) is 2.78. The van der Waals surface area contributed by atoms with Gasteiger partial charge in [-0.1, -0.05) is 18.2 Å². The maximum Gasteiger partial charge on any atom is 0.244 e. The van der Waals surface area contributed by atoms with Gasteiger partial charge in [-0.05, 0) is 18.6 Å². The molecular formula is C15H14N4O. The minimum absolute atomic E-state index is 0.0452. The zero-order chi connectivity index (χ0) is 14.1. The molecule has 1 aliphatic heterocycles. The van der Waals surface area contributed by atoms with Gasteiger partial charge in [0.15, 0.2) is 0 Å². The predicted octanol–water partition coefficient (Wildman–Crippen LogP) is 1.75. The molecule has 0 spiro atoms. The van der Waals surface area contributed by atoms with Crippen LogP contribution in [-0.4, -0.2) is 35.4 Å². The Morgan fingerprint density at radius 2 is 2.25 bits per heavy atom. The zero-order valence-corrected chi connectivity index (χ0v) is 11.1. The Kier molecular flexibility index (Phi) is 2.99. The quantitative estimate of drug-likeness (QED) is 0.899. The molecule has 1 amide bonds. The highest BCUT2D eigenvalue weighted by molar-refractivity contribution is 5.88. The standard InChI is InChI=1S/C15H14N4O/c1-19-7-6-13(15(19)20)18-14-11(9-16)8-10-4-2-3-5-12(10)17-14/h2-5,8,13H,6-7H2,1H3,(H,17,18). The molecule has 2 aromatic rings. The van der Waals surface area contributed by atoms with Gasteiger partial charge in [0.2, 0.25) is 5.91 Å². The molecule has 3 rings (SSSR count). The number of aromatic nitrogens is 1. The van der Waals surface area contributed by atoms with Crippen LogP contribution >= 0.6 is 0 Å². The smallest absolute Gasteiger partial charge is 0.244 e. The topological polar surface area (TPSA) is 69.0 Å². The molecule has 1 aromatic carbocycles. The zero-order valence-electron chi connectivity index (χ0n) is 11.1. The van der Waals surface area contributed by atoms with E-state index in [0.29, 0.717) is 11.4 Å². The molecular weight excluding hydrogens is 252 g/mol. The molecule has 1 N–H and O–H groups in total. The molecule has 100 valence electrons. The number of anilines is 1. The third-order valence-corrected chi connectivity index (χ3v) is 3.58. The number of hydrogen-bond donors (Lipinski definition) is 1. The number of carbonyl (C=O) groups excluding carboxylic acids is 1. The Hall–Kier alpha value is -2.61. The SMILES string of the molecule is CN1CCC(Nc2nc3ccccc3cc2C#N)C1=O. The second-order valence-corrected chi connectivity index (χ2v) is 4.93. The van der Waals surface area contributed by atoms with Crippen LogP contribution in [0.5, 0.6) is 0 Å². The van der Waals surface area contributed by atoms with Gasteiger partial charge < -0.3 is 10.2 Å². The van der Waals surface area contributed by atoms with Crippen molar-refractivity contribution in [1.82, 2.24) is 9.88 Å². The highest BCUT2D eigenvalue weighted by Gasteiger charge is 2.29. The molecule has 1 aliphatic rings. The summed E-state index contributed by atoms with van der Waals surface area (Å²) >= 11 is 0. The first-order chi connectivity index (χ1) is 9.69. The molecule has 1 fully saturated rings. The molecule has 2 heterocycles. The van der Waals surface area contributed by atoms with E-state index in [9.17, 15) is 10.1 Å². The number of benzene rings is 1. The molecule has 20 heavy (non-hydrogen) atoms. The lowest BCUT2D eigenvalue weighted by atomic mass is 10.1. The van der Waals surface area contributed by atoms with E-state index in [-0.39, 0.29) is 11.9 Å². The number of fused-ring (bicyclic) bond motifs is 1. The van der Waals surface area contributed by atoms with Crippen molar-refractivity contribution in [2.24, 2.45) is 0 Å². The molecule has 5 nitrogen and oxygen atoms in total. The maximum absolute atomic E-state index is 11.9. The number of carbonyl (C=O) groups is 1. The fraction of sp³-hybridized carbons (Fsp3) is 0.267. The van der Waals surface area contributed by atoms with Gasteiger partial charge in [0.1, 0.15) is 17.9 Å². The summed E-state index contributed by atoms with van der Waals surface area (Å²) < 4.78 is 0. The van der Waals surface area contributed by atoms with E-state index in [1.165, 1.54) is 0 Å². The first-order valence-corrected chi connectivity index (χ1v) is 6.50. The van der Waals surface area contributed by atoms with E-state index in [2.05, 4.69) is 16.4 Å². The lowest BCUT2D eigenvalue weighted by molar-refractivity contribution is -0.127. The third kappa shape index (κ3) is 2.05. The minimum atomic E-state index is -0.291. The molecule has 1 unspecified atom stereocenters. The van der Waals surface area contributed by atoms with Crippen LogP contribution in [0.15, 0.2) is 30.3 Å². The van der Waals surface area contributed by atoms with Crippen LogP contribution < -0.4 is 5.32 Å². The van der Waals surface area contributed by atoms with Crippen LogP contribution in [0, 0.1) is 11.3 Å². The van der Waals surface area contributed by atoms with Crippen LogP contribution in [0.4, 0.5) is 5.82 Å². The number of amides is 1. The molecule has 5 heteroatoms. The normalized spacial score (nSPS) is 18.3. The Morgan fingerprint density at radius 3 is 2.95 bits per heavy atom. The Morgan fingerprint density at radius 1 is 1.45 bits per heavy atom. The molecule has 1 aromatic heterocycles. The first-order valence-electron chi connectivity index (χ1n) is 6.50. The van der Waals surface area contributed by atoms with Crippen molar-refractivity contribution in [1.29, 1.82) is 5.26 Å². The summed E-state index contributed by atoms with van der Waals surface area (Å²) in [6, 6.07) is 11.3.